The van der Waals surface area contributed by atoms with Crippen LogP contribution in [0.25, 0.3) is 5.65 Å². The predicted molar refractivity (Wildman–Crippen MR) is 64.0 cm³/mol. The lowest BCUT2D eigenvalue weighted by Gasteiger charge is -2.01. The molecule has 0 saturated heterocycles. The first kappa shape index (κ1) is 11.4. The van der Waals surface area contributed by atoms with Crippen molar-refractivity contribution in [2.45, 2.75) is 13.3 Å². The van der Waals surface area contributed by atoms with Gasteiger partial charge in [0.05, 0.1) is 27.3 Å². The van der Waals surface area contributed by atoms with Gasteiger partial charge in [0.25, 0.3) is 0 Å². The molecule has 6 heteroatoms. The zero-order chi connectivity index (χ0) is 11.9. The van der Waals surface area contributed by atoms with E-state index in [1.54, 1.807) is 23.6 Å². The van der Waals surface area contributed by atoms with Gasteiger partial charge in [-0.15, -0.1) is 0 Å². The fourth-order valence-electron chi connectivity index (χ4n) is 1.59. The Labute approximate surface area is 105 Å². The number of halogens is 2. The van der Waals surface area contributed by atoms with Crippen LogP contribution in [0.5, 0.6) is 0 Å². The Balaban J connectivity index is 2.73. The predicted octanol–water partition coefficient (Wildman–Crippen LogP) is 2.69. The summed E-state index contributed by atoms with van der Waals surface area (Å²) >= 11 is 9.26. The van der Waals surface area contributed by atoms with Crippen molar-refractivity contribution in [3.05, 3.63) is 33.1 Å². The van der Waals surface area contributed by atoms with E-state index in [9.17, 15) is 4.79 Å². The summed E-state index contributed by atoms with van der Waals surface area (Å²) in [6, 6.07) is 1.73. The number of carbonyl (C=O) groups is 1. The van der Waals surface area contributed by atoms with Gasteiger partial charge >= 0.3 is 5.97 Å². The van der Waals surface area contributed by atoms with Crippen LogP contribution < -0.4 is 0 Å². The van der Waals surface area contributed by atoms with Crippen LogP contribution in [0.15, 0.2) is 16.7 Å². The molecule has 0 spiro atoms. The van der Waals surface area contributed by atoms with E-state index >= 15 is 0 Å². The molecular formula is C10H8BrClN2O2. The highest BCUT2D eigenvalue weighted by Gasteiger charge is 2.14. The number of aliphatic carboxylic acids is 1. The Kier molecular flexibility index (Phi) is 2.90. The number of hydrogen-bond acceptors (Lipinski definition) is 2. The topological polar surface area (TPSA) is 54.6 Å². The van der Waals surface area contributed by atoms with Gasteiger partial charge in [-0.1, -0.05) is 11.6 Å². The number of carboxylic acid groups (broad SMARTS) is 1. The molecule has 0 aliphatic rings. The van der Waals surface area contributed by atoms with Gasteiger partial charge < -0.3 is 9.51 Å². The first-order valence-electron chi connectivity index (χ1n) is 4.53. The number of rotatable bonds is 2. The average Bonchev–Trinajstić information content (AvgIpc) is 2.45. The molecule has 0 atom stereocenters. The summed E-state index contributed by atoms with van der Waals surface area (Å²) < 4.78 is 2.45. The molecule has 4 nitrogen and oxygen atoms in total. The van der Waals surface area contributed by atoms with Crippen LogP contribution in [-0.4, -0.2) is 20.5 Å². The van der Waals surface area contributed by atoms with Crippen molar-refractivity contribution in [2.24, 2.45) is 0 Å². The Bertz CT molecular complexity index is 580. The molecule has 0 bridgehead atoms. The maximum atomic E-state index is 10.7. The van der Waals surface area contributed by atoms with E-state index in [0.29, 0.717) is 22.1 Å². The summed E-state index contributed by atoms with van der Waals surface area (Å²) in [5.41, 5.74) is 2.02. The third-order valence-corrected chi connectivity index (χ3v) is 3.05. The minimum absolute atomic E-state index is 0.0697. The van der Waals surface area contributed by atoms with Gasteiger partial charge in [-0.05, 0) is 28.9 Å². The lowest BCUT2D eigenvalue weighted by Crippen LogP contribution is -2.04. The van der Waals surface area contributed by atoms with E-state index in [1.165, 1.54) is 0 Å². The Morgan fingerprint density at radius 2 is 2.38 bits per heavy atom. The number of pyridine rings is 1. The molecule has 16 heavy (non-hydrogen) atoms. The molecule has 2 rings (SSSR count). The van der Waals surface area contributed by atoms with Crippen molar-refractivity contribution in [3.8, 4) is 0 Å². The summed E-state index contributed by atoms with van der Waals surface area (Å²) in [7, 11) is 0. The van der Waals surface area contributed by atoms with Crippen LogP contribution in [0, 0.1) is 6.92 Å². The van der Waals surface area contributed by atoms with E-state index in [-0.39, 0.29) is 6.42 Å². The van der Waals surface area contributed by atoms with E-state index in [0.717, 1.165) is 4.47 Å². The smallest absolute Gasteiger partial charge is 0.309 e. The van der Waals surface area contributed by atoms with Crippen molar-refractivity contribution < 1.29 is 9.90 Å². The van der Waals surface area contributed by atoms with Gasteiger partial charge in [0.1, 0.15) is 0 Å². The molecule has 0 aromatic carbocycles. The van der Waals surface area contributed by atoms with Gasteiger partial charge in [0, 0.05) is 6.20 Å². The number of fused-ring (bicyclic) bond motifs is 1. The molecule has 2 heterocycles. The van der Waals surface area contributed by atoms with Crippen molar-refractivity contribution in [3.63, 3.8) is 0 Å². The summed E-state index contributed by atoms with van der Waals surface area (Å²) in [6.45, 7) is 1.78. The van der Waals surface area contributed by atoms with Gasteiger partial charge in [-0.3, -0.25) is 4.79 Å². The summed E-state index contributed by atoms with van der Waals surface area (Å²) in [5, 5.41) is 9.35. The van der Waals surface area contributed by atoms with E-state index in [1.807, 2.05) is 0 Å². The van der Waals surface area contributed by atoms with Crippen LogP contribution >= 0.6 is 27.5 Å². The minimum Gasteiger partial charge on any atom is -0.481 e. The molecular weight excluding hydrogens is 295 g/mol. The van der Waals surface area contributed by atoms with Crippen LogP contribution in [0.1, 0.15) is 11.4 Å². The maximum absolute atomic E-state index is 10.7. The van der Waals surface area contributed by atoms with Crippen LogP contribution in [0.2, 0.25) is 5.02 Å². The molecule has 84 valence electrons. The zero-order valence-electron chi connectivity index (χ0n) is 8.37. The van der Waals surface area contributed by atoms with Crippen molar-refractivity contribution in [1.29, 1.82) is 0 Å². The quantitative estimate of drug-likeness (QED) is 0.928. The molecule has 2 aromatic heterocycles. The number of imidazole rings is 1. The molecule has 0 aliphatic carbocycles. The highest BCUT2D eigenvalue weighted by Crippen LogP contribution is 2.24. The SMILES string of the molecule is Cc1nc2c(Br)cc(Cl)cn2c1CC(=O)O. The molecule has 0 radical (unpaired) electrons. The van der Waals surface area contributed by atoms with Crippen LogP contribution in [0.3, 0.4) is 0 Å². The molecule has 2 aromatic rings. The monoisotopic (exact) mass is 302 g/mol. The molecule has 0 aliphatic heterocycles. The number of aromatic nitrogens is 2. The normalized spacial score (nSPS) is 10.9. The van der Waals surface area contributed by atoms with Crippen molar-refractivity contribution >= 4 is 39.1 Å². The third-order valence-electron chi connectivity index (χ3n) is 2.26. The standard InChI is InChI=1S/C10H8BrClN2O2/c1-5-8(3-9(15)16)14-4-6(12)2-7(11)10(14)13-5/h2,4H,3H2,1H3,(H,15,16). The Morgan fingerprint density at radius 3 is 3.00 bits per heavy atom. The second-order valence-electron chi connectivity index (χ2n) is 3.41. The zero-order valence-corrected chi connectivity index (χ0v) is 10.7. The van der Waals surface area contributed by atoms with E-state index in [2.05, 4.69) is 20.9 Å². The Morgan fingerprint density at radius 1 is 1.69 bits per heavy atom. The summed E-state index contributed by atoms with van der Waals surface area (Å²) in [6.07, 6.45) is 1.60. The Hall–Kier alpha value is -1.07. The highest BCUT2D eigenvalue weighted by atomic mass is 79.9. The molecule has 0 unspecified atom stereocenters. The maximum Gasteiger partial charge on any atom is 0.309 e. The van der Waals surface area contributed by atoms with Crippen molar-refractivity contribution in [1.82, 2.24) is 9.38 Å². The molecule has 0 fully saturated rings. The van der Waals surface area contributed by atoms with Gasteiger partial charge in [0.15, 0.2) is 5.65 Å². The van der Waals surface area contributed by atoms with Crippen molar-refractivity contribution in [2.75, 3.05) is 0 Å². The first-order chi connectivity index (χ1) is 7.49. The lowest BCUT2D eigenvalue weighted by molar-refractivity contribution is -0.136. The molecule has 1 N–H and O–H groups in total. The number of nitrogens with zero attached hydrogens (tertiary/aromatic N) is 2. The van der Waals surface area contributed by atoms with Crippen LogP contribution in [-0.2, 0) is 11.2 Å². The largest absolute Gasteiger partial charge is 0.481 e. The average molecular weight is 304 g/mol. The first-order valence-corrected chi connectivity index (χ1v) is 5.70. The number of hydrogen-bond donors (Lipinski definition) is 1. The van der Waals surface area contributed by atoms with Gasteiger partial charge in [-0.25, -0.2) is 4.98 Å². The van der Waals surface area contributed by atoms with E-state index < -0.39 is 5.97 Å². The fraction of sp³-hybridized carbons (Fsp3) is 0.200. The van der Waals surface area contributed by atoms with Crippen LogP contribution in [0.4, 0.5) is 0 Å². The lowest BCUT2D eigenvalue weighted by atomic mass is 10.2. The molecule has 0 amide bonds. The van der Waals surface area contributed by atoms with Gasteiger partial charge in [-0.2, -0.15) is 0 Å². The highest BCUT2D eigenvalue weighted by molar-refractivity contribution is 9.10. The third kappa shape index (κ3) is 1.92. The summed E-state index contributed by atoms with van der Waals surface area (Å²) in [5.74, 6) is -0.888. The number of carboxylic acids is 1. The molecule has 0 saturated carbocycles. The fourth-order valence-corrected chi connectivity index (χ4v) is 2.45. The second kappa shape index (κ2) is 4.07. The van der Waals surface area contributed by atoms with E-state index in [4.69, 9.17) is 16.7 Å². The van der Waals surface area contributed by atoms with Gasteiger partial charge in [0.2, 0.25) is 0 Å². The second-order valence-corrected chi connectivity index (χ2v) is 4.71. The minimum atomic E-state index is -0.888. The number of aryl methyl sites for hydroxylation is 1. The summed E-state index contributed by atoms with van der Waals surface area (Å²) in [4.78, 5) is 15.0.